The van der Waals surface area contributed by atoms with Gasteiger partial charge in [-0.3, -0.25) is 9.48 Å². The van der Waals surface area contributed by atoms with Crippen LogP contribution in [0.15, 0.2) is 24.4 Å². The standard InChI is InChI=1S/C13H14Cl2N4O2/c14-9-1-2-11(15)12(7-9)16-13(21)3-5-19-8-10(4-6-20)17-18-19/h1-2,7-8,20H,3-6H2,(H,16,21). The smallest absolute Gasteiger partial charge is 0.226 e. The van der Waals surface area contributed by atoms with E-state index >= 15 is 0 Å². The fourth-order valence-corrected chi connectivity index (χ4v) is 2.04. The SMILES string of the molecule is O=C(CCn1cc(CCO)nn1)Nc1cc(Cl)ccc1Cl. The summed E-state index contributed by atoms with van der Waals surface area (Å²) >= 11 is 11.8. The van der Waals surface area contributed by atoms with Crippen molar-refractivity contribution in [1.82, 2.24) is 15.0 Å². The van der Waals surface area contributed by atoms with Gasteiger partial charge in [-0.05, 0) is 18.2 Å². The third-order valence-corrected chi connectivity index (χ3v) is 3.29. The lowest BCUT2D eigenvalue weighted by Crippen LogP contribution is -2.15. The maximum absolute atomic E-state index is 11.9. The first-order chi connectivity index (χ1) is 10.1. The highest BCUT2D eigenvalue weighted by Gasteiger charge is 2.08. The Bertz CT molecular complexity index is 630. The van der Waals surface area contributed by atoms with Crippen LogP contribution in [0.2, 0.25) is 10.0 Å². The number of hydrogen-bond acceptors (Lipinski definition) is 4. The van der Waals surface area contributed by atoms with E-state index in [1.165, 1.54) is 0 Å². The lowest BCUT2D eigenvalue weighted by molar-refractivity contribution is -0.116. The van der Waals surface area contributed by atoms with Crippen LogP contribution < -0.4 is 5.32 Å². The van der Waals surface area contributed by atoms with Crippen molar-refractivity contribution in [1.29, 1.82) is 0 Å². The maximum atomic E-state index is 11.9. The lowest BCUT2D eigenvalue weighted by atomic mass is 10.3. The largest absolute Gasteiger partial charge is 0.396 e. The molecule has 2 N–H and O–H groups in total. The number of hydrogen-bond donors (Lipinski definition) is 2. The number of amides is 1. The van der Waals surface area contributed by atoms with Gasteiger partial charge in [0.05, 0.1) is 22.9 Å². The lowest BCUT2D eigenvalue weighted by Gasteiger charge is -2.07. The molecule has 0 radical (unpaired) electrons. The number of carbonyl (C=O) groups is 1. The number of aromatic nitrogens is 3. The summed E-state index contributed by atoms with van der Waals surface area (Å²) < 4.78 is 1.56. The monoisotopic (exact) mass is 328 g/mol. The number of aliphatic hydroxyl groups is 1. The van der Waals surface area contributed by atoms with Crippen molar-refractivity contribution in [2.75, 3.05) is 11.9 Å². The summed E-state index contributed by atoms with van der Waals surface area (Å²) in [5.41, 5.74) is 1.17. The van der Waals surface area contributed by atoms with Crippen LogP contribution in [0, 0.1) is 0 Å². The molecular weight excluding hydrogens is 315 g/mol. The van der Waals surface area contributed by atoms with Gasteiger partial charge < -0.3 is 10.4 Å². The van der Waals surface area contributed by atoms with Crippen LogP contribution in [0.5, 0.6) is 0 Å². The summed E-state index contributed by atoms with van der Waals surface area (Å²) in [5, 5.41) is 20.2. The first-order valence-corrected chi connectivity index (χ1v) is 7.09. The van der Waals surface area contributed by atoms with Crippen LogP contribution in [-0.4, -0.2) is 32.6 Å². The summed E-state index contributed by atoms with van der Waals surface area (Å²) in [4.78, 5) is 11.9. The first-order valence-electron chi connectivity index (χ1n) is 6.33. The summed E-state index contributed by atoms with van der Waals surface area (Å²) in [6.07, 6.45) is 2.38. The molecule has 0 atom stereocenters. The quantitative estimate of drug-likeness (QED) is 0.851. The molecule has 0 saturated carbocycles. The molecular formula is C13H14Cl2N4O2. The minimum absolute atomic E-state index is 0.0203. The highest BCUT2D eigenvalue weighted by molar-refractivity contribution is 6.35. The Kier molecular flexibility index (Phi) is 5.55. The number of nitrogens with one attached hydrogen (secondary N) is 1. The van der Waals surface area contributed by atoms with Gasteiger partial charge in [0.25, 0.3) is 0 Å². The topological polar surface area (TPSA) is 80.0 Å². The summed E-state index contributed by atoms with van der Waals surface area (Å²) in [5.74, 6) is -0.196. The summed E-state index contributed by atoms with van der Waals surface area (Å²) in [6.45, 7) is 0.412. The van der Waals surface area contributed by atoms with E-state index < -0.39 is 0 Å². The zero-order chi connectivity index (χ0) is 15.2. The average molecular weight is 329 g/mol. The molecule has 2 aromatic rings. The van der Waals surface area contributed by atoms with Gasteiger partial charge >= 0.3 is 0 Å². The van der Waals surface area contributed by atoms with Crippen LogP contribution in [0.4, 0.5) is 5.69 Å². The van der Waals surface area contributed by atoms with Gasteiger partial charge in [0, 0.05) is 30.7 Å². The fraction of sp³-hybridized carbons (Fsp3) is 0.308. The molecule has 8 heteroatoms. The predicted molar refractivity (Wildman–Crippen MR) is 80.5 cm³/mol. The minimum Gasteiger partial charge on any atom is -0.396 e. The summed E-state index contributed by atoms with van der Waals surface area (Å²) in [7, 11) is 0. The number of nitrogens with zero attached hydrogens (tertiary/aromatic N) is 3. The van der Waals surface area contributed by atoms with E-state index in [0.717, 1.165) is 0 Å². The molecule has 1 aromatic carbocycles. The van der Waals surface area contributed by atoms with E-state index in [2.05, 4.69) is 15.6 Å². The van der Waals surface area contributed by atoms with E-state index in [9.17, 15) is 4.79 Å². The van der Waals surface area contributed by atoms with Crippen molar-refractivity contribution in [3.8, 4) is 0 Å². The molecule has 2 rings (SSSR count). The van der Waals surface area contributed by atoms with Gasteiger partial charge in [0.15, 0.2) is 0 Å². The number of aliphatic hydroxyl groups excluding tert-OH is 1. The molecule has 21 heavy (non-hydrogen) atoms. The molecule has 1 heterocycles. The molecule has 6 nitrogen and oxygen atoms in total. The maximum Gasteiger partial charge on any atom is 0.226 e. The number of rotatable bonds is 6. The number of carbonyl (C=O) groups excluding carboxylic acids is 1. The van der Waals surface area contributed by atoms with E-state index in [4.69, 9.17) is 28.3 Å². The molecule has 0 spiro atoms. The van der Waals surface area contributed by atoms with Crippen molar-refractivity contribution in [3.05, 3.63) is 40.1 Å². The molecule has 0 aliphatic heterocycles. The molecule has 0 fully saturated rings. The zero-order valence-electron chi connectivity index (χ0n) is 11.1. The highest BCUT2D eigenvalue weighted by atomic mass is 35.5. The zero-order valence-corrected chi connectivity index (χ0v) is 12.6. The van der Waals surface area contributed by atoms with E-state index in [1.807, 2.05) is 0 Å². The van der Waals surface area contributed by atoms with Crippen molar-refractivity contribution < 1.29 is 9.90 Å². The predicted octanol–water partition coefficient (Wildman–Crippen LogP) is 2.15. The van der Waals surface area contributed by atoms with Crippen molar-refractivity contribution in [3.63, 3.8) is 0 Å². The van der Waals surface area contributed by atoms with Crippen LogP contribution in [0.25, 0.3) is 0 Å². The number of anilines is 1. The normalized spacial score (nSPS) is 10.6. The van der Waals surface area contributed by atoms with Gasteiger partial charge in [-0.1, -0.05) is 28.4 Å². The Balaban J connectivity index is 1.88. The van der Waals surface area contributed by atoms with Gasteiger partial charge in [-0.2, -0.15) is 0 Å². The Hall–Kier alpha value is -1.63. The van der Waals surface area contributed by atoms with E-state index in [0.29, 0.717) is 34.4 Å². The van der Waals surface area contributed by atoms with Crippen LogP contribution in [0.1, 0.15) is 12.1 Å². The van der Waals surface area contributed by atoms with Crippen LogP contribution in [-0.2, 0) is 17.8 Å². The van der Waals surface area contributed by atoms with Gasteiger partial charge in [-0.25, -0.2) is 0 Å². The second-order valence-electron chi connectivity index (χ2n) is 4.37. The first kappa shape index (κ1) is 15.8. The molecule has 0 aliphatic carbocycles. The molecule has 0 saturated heterocycles. The fourth-order valence-electron chi connectivity index (χ4n) is 1.70. The molecule has 0 aliphatic rings. The van der Waals surface area contributed by atoms with Crippen LogP contribution in [0.3, 0.4) is 0 Å². The minimum atomic E-state index is -0.196. The average Bonchev–Trinajstić information content (AvgIpc) is 2.89. The molecule has 112 valence electrons. The summed E-state index contributed by atoms with van der Waals surface area (Å²) in [6, 6.07) is 4.87. The third-order valence-electron chi connectivity index (χ3n) is 2.72. The Morgan fingerprint density at radius 3 is 2.95 bits per heavy atom. The molecule has 1 aromatic heterocycles. The second-order valence-corrected chi connectivity index (χ2v) is 5.21. The number of aryl methyl sites for hydroxylation is 1. The van der Waals surface area contributed by atoms with Crippen molar-refractivity contribution in [2.45, 2.75) is 19.4 Å². The van der Waals surface area contributed by atoms with Crippen molar-refractivity contribution in [2.24, 2.45) is 0 Å². The Morgan fingerprint density at radius 1 is 1.38 bits per heavy atom. The Labute approximate surface area is 131 Å². The molecule has 0 unspecified atom stereocenters. The number of halogens is 2. The van der Waals surface area contributed by atoms with Gasteiger partial charge in [-0.15, -0.1) is 5.10 Å². The van der Waals surface area contributed by atoms with Crippen molar-refractivity contribution >= 4 is 34.8 Å². The van der Waals surface area contributed by atoms with Gasteiger partial charge in [0.2, 0.25) is 5.91 Å². The molecule has 0 bridgehead atoms. The second kappa shape index (κ2) is 7.40. The van der Waals surface area contributed by atoms with E-state index in [-0.39, 0.29) is 18.9 Å². The van der Waals surface area contributed by atoms with Gasteiger partial charge in [0.1, 0.15) is 0 Å². The third kappa shape index (κ3) is 4.70. The van der Waals surface area contributed by atoms with Crippen LogP contribution >= 0.6 is 23.2 Å². The highest BCUT2D eigenvalue weighted by Crippen LogP contribution is 2.25. The molecule has 1 amide bonds. The Morgan fingerprint density at radius 2 is 2.19 bits per heavy atom. The number of benzene rings is 1. The van der Waals surface area contributed by atoms with E-state index in [1.54, 1.807) is 29.1 Å².